The van der Waals surface area contributed by atoms with Gasteiger partial charge in [-0.2, -0.15) is 0 Å². The van der Waals surface area contributed by atoms with Crippen molar-refractivity contribution >= 4 is 11.8 Å². The lowest BCUT2D eigenvalue weighted by atomic mass is 9.72. The number of allylic oxidation sites excluding steroid dienone is 2. The number of ether oxygens (including phenoxy) is 3. The highest BCUT2D eigenvalue weighted by atomic mass is 16.5. The number of carbonyl (C=O) groups is 2. The molecule has 0 saturated carbocycles. The first-order chi connectivity index (χ1) is 14.5. The smallest absolute Gasteiger partial charge is 0.309 e. The number of carbonyl (C=O) groups excluding carboxylic acids is 2. The number of cyclic esters (lactones) is 1. The first-order valence-corrected chi connectivity index (χ1v) is 11.6. The standard InChI is InChI=1S/C26H44O5/c1-10-18(3)21-15-14-17(2)12-11-13-19(4)24(30-9)20(5)25(28)26(6,7)22(29-8)16-23(27)31-21/h10,14,19-22,24H,11-13,15-16H2,1-9H3/b17-14?,18-10+. The first-order valence-electron chi connectivity index (χ1n) is 11.6. The van der Waals surface area contributed by atoms with Gasteiger partial charge in [-0.05, 0) is 51.5 Å². The van der Waals surface area contributed by atoms with Gasteiger partial charge < -0.3 is 14.2 Å². The van der Waals surface area contributed by atoms with E-state index in [-0.39, 0.29) is 42.2 Å². The molecular formula is C26H44O5. The van der Waals surface area contributed by atoms with Crippen LogP contribution in [-0.4, -0.2) is 44.3 Å². The van der Waals surface area contributed by atoms with Crippen LogP contribution >= 0.6 is 0 Å². The molecule has 31 heavy (non-hydrogen) atoms. The molecule has 0 saturated heterocycles. The van der Waals surface area contributed by atoms with Crippen LogP contribution in [0.15, 0.2) is 23.3 Å². The molecule has 0 fully saturated rings. The van der Waals surface area contributed by atoms with Gasteiger partial charge in [0, 0.05) is 26.6 Å². The maximum absolute atomic E-state index is 13.5. The van der Waals surface area contributed by atoms with Crippen LogP contribution in [0.2, 0.25) is 0 Å². The van der Waals surface area contributed by atoms with E-state index in [0.29, 0.717) is 6.42 Å². The van der Waals surface area contributed by atoms with Gasteiger partial charge in [0.1, 0.15) is 11.9 Å². The molecule has 1 aliphatic rings. The largest absolute Gasteiger partial charge is 0.457 e. The second-order valence-electron chi connectivity index (χ2n) is 9.67. The summed E-state index contributed by atoms with van der Waals surface area (Å²) in [4.78, 5) is 26.3. The fourth-order valence-corrected chi connectivity index (χ4v) is 4.61. The van der Waals surface area contributed by atoms with E-state index in [0.717, 1.165) is 24.8 Å². The fraction of sp³-hybridized carbons (Fsp3) is 0.769. The van der Waals surface area contributed by atoms with E-state index in [1.807, 2.05) is 40.7 Å². The number of ketones is 1. The summed E-state index contributed by atoms with van der Waals surface area (Å²) in [5.41, 5.74) is 1.47. The molecule has 0 N–H and O–H groups in total. The lowest BCUT2D eigenvalue weighted by Crippen LogP contribution is -2.47. The summed E-state index contributed by atoms with van der Waals surface area (Å²) in [6.07, 6.45) is 6.81. The van der Waals surface area contributed by atoms with Crippen LogP contribution in [0.25, 0.3) is 0 Å². The molecule has 0 aliphatic carbocycles. The second kappa shape index (κ2) is 12.5. The van der Waals surface area contributed by atoms with Gasteiger partial charge in [-0.1, -0.05) is 45.4 Å². The third kappa shape index (κ3) is 7.57. The minimum atomic E-state index is -0.845. The van der Waals surface area contributed by atoms with Crippen LogP contribution in [-0.2, 0) is 23.8 Å². The molecule has 0 amide bonds. The third-order valence-corrected chi connectivity index (χ3v) is 6.96. The molecule has 0 radical (unpaired) electrons. The zero-order chi connectivity index (χ0) is 23.8. The molecule has 1 aliphatic heterocycles. The van der Waals surface area contributed by atoms with E-state index >= 15 is 0 Å². The Morgan fingerprint density at radius 2 is 1.84 bits per heavy atom. The highest BCUT2D eigenvalue weighted by Gasteiger charge is 2.43. The van der Waals surface area contributed by atoms with Gasteiger partial charge in [0.2, 0.25) is 0 Å². The van der Waals surface area contributed by atoms with Crippen molar-refractivity contribution in [3.63, 3.8) is 0 Å². The SMILES string of the molecule is C/C=C(\C)C1CC=C(C)CCCC(C)C(OC)C(C)C(=O)C(C)(C)C(OC)CC(=O)O1. The van der Waals surface area contributed by atoms with Gasteiger partial charge in [0.15, 0.2) is 0 Å². The molecule has 5 nitrogen and oxygen atoms in total. The summed E-state index contributed by atoms with van der Waals surface area (Å²) in [7, 11) is 3.23. The van der Waals surface area contributed by atoms with Crippen molar-refractivity contribution in [3.05, 3.63) is 23.3 Å². The van der Waals surface area contributed by atoms with E-state index in [2.05, 4.69) is 19.9 Å². The number of rotatable bonds is 3. The zero-order valence-corrected chi connectivity index (χ0v) is 21.1. The summed E-state index contributed by atoms with van der Waals surface area (Å²) >= 11 is 0. The van der Waals surface area contributed by atoms with Crippen molar-refractivity contribution in [1.82, 2.24) is 0 Å². The number of Topliss-reactive ketones (excluding diaryl/α,β-unsaturated/α-hetero) is 1. The van der Waals surface area contributed by atoms with Crippen LogP contribution in [0, 0.1) is 17.3 Å². The Bertz CT molecular complexity index is 661. The van der Waals surface area contributed by atoms with Crippen molar-refractivity contribution in [2.75, 3.05) is 14.2 Å². The minimum Gasteiger partial charge on any atom is -0.457 e. The normalized spacial score (nSPS) is 32.4. The fourth-order valence-electron chi connectivity index (χ4n) is 4.61. The van der Waals surface area contributed by atoms with Gasteiger partial charge in [-0.15, -0.1) is 0 Å². The highest BCUT2D eigenvalue weighted by Crippen LogP contribution is 2.34. The second-order valence-corrected chi connectivity index (χ2v) is 9.67. The molecule has 178 valence electrons. The maximum Gasteiger partial charge on any atom is 0.309 e. The molecule has 5 heteroatoms. The summed E-state index contributed by atoms with van der Waals surface area (Å²) in [6.45, 7) is 13.9. The first kappa shape index (κ1) is 27.6. The molecule has 0 bridgehead atoms. The average Bonchev–Trinajstić information content (AvgIpc) is 2.73. The average molecular weight is 437 g/mol. The number of esters is 1. The molecule has 5 atom stereocenters. The molecule has 5 unspecified atom stereocenters. The van der Waals surface area contributed by atoms with Gasteiger partial charge in [0.25, 0.3) is 0 Å². The Kier molecular flexibility index (Phi) is 11.2. The number of methoxy groups -OCH3 is 2. The monoisotopic (exact) mass is 436 g/mol. The highest BCUT2D eigenvalue weighted by molar-refractivity contribution is 5.88. The van der Waals surface area contributed by atoms with Crippen LogP contribution in [0.5, 0.6) is 0 Å². The third-order valence-electron chi connectivity index (χ3n) is 6.96. The molecular weight excluding hydrogens is 392 g/mol. The quantitative estimate of drug-likeness (QED) is 0.421. The maximum atomic E-state index is 13.5. The molecule has 1 heterocycles. The van der Waals surface area contributed by atoms with Crippen LogP contribution < -0.4 is 0 Å². The Morgan fingerprint density at radius 1 is 1.19 bits per heavy atom. The van der Waals surface area contributed by atoms with Crippen molar-refractivity contribution in [1.29, 1.82) is 0 Å². The molecule has 0 aromatic rings. The Hall–Kier alpha value is -1.46. The minimum absolute atomic E-state index is 0.0331. The molecule has 0 spiro atoms. The Labute approximate surface area is 189 Å². The predicted molar refractivity (Wildman–Crippen MR) is 125 cm³/mol. The lowest BCUT2D eigenvalue weighted by Gasteiger charge is -2.37. The van der Waals surface area contributed by atoms with E-state index < -0.39 is 11.5 Å². The van der Waals surface area contributed by atoms with Gasteiger partial charge in [-0.25, -0.2) is 0 Å². The Balaban J connectivity index is 3.29. The van der Waals surface area contributed by atoms with E-state index in [1.165, 1.54) is 5.57 Å². The van der Waals surface area contributed by atoms with Crippen LogP contribution in [0.3, 0.4) is 0 Å². The Morgan fingerprint density at radius 3 is 2.39 bits per heavy atom. The molecule has 1 rings (SSSR count). The van der Waals surface area contributed by atoms with Gasteiger partial charge in [-0.3, -0.25) is 9.59 Å². The van der Waals surface area contributed by atoms with E-state index in [4.69, 9.17) is 14.2 Å². The van der Waals surface area contributed by atoms with Crippen molar-refractivity contribution in [2.45, 2.75) is 98.9 Å². The van der Waals surface area contributed by atoms with Crippen LogP contribution in [0.4, 0.5) is 0 Å². The van der Waals surface area contributed by atoms with Gasteiger partial charge >= 0.3 is 5.97 Å². The summed E-state index contributed by atoms with van der Waals surface area (Å²) in [5.74, 6) is -0.341. The van der Waals surface area contributed by atoms with Crippen molar-refractivity contribution in [3.8, 4) is 0 Å². The topological polar surface area (TPSA) is 61.8 Å². The zero-order valence-electron chi connectivity index (χ0n) is 21.1. The molecule has 0 aromatic heterocycles. The van der Waals surface area contributed by atoms with Crippen molar-refractivity contribution < 1.29 is 23.8 Å². The van der Waals surface area contributed by atoms with E-state index in [9.17, 15) is 9.59 Å². The predicted octanol–water partition coefficient (Wildman–Crippen LogP) is 5.67. The summed E-state index contributed by atoms with van der Waals surface area (Å²) < 4.78 is 17.3. The van der Waals surface area contributed by atoms with Gasteiger partial charge in [0.05, 0.1) is 24.0 Å². The molecule has 0 aromatic carbocycles. The van der Waals surface area contributed by atoms with Crippen molar-refractivity contribution in [2.24, 2.45) is 17.3 Å². The summed E-state index contributed by atoms with van der Waals surface area (Å²) in [5, 5.41) is 0. The lowest BCUT2D eigenvalue weighted by molar-refractivity contribution is -0.156. The van der Waals surface area contributed by atoms with Crippen LogP contribution in [0.1, 0.15) is 80.6 Å². The summed E-state index contributed by atoms with van der Waals surface area (Å²) in [6, 6.07) is 0. The number of hydrogen-bond acceptors (Lipinski definition) is 5. The van der Waals surface area contributed by atoms with E-state index in [1.54, 1.807) is 14.2 Å². The number of hydrogen-bond donors (Lipinski definition) is 0.